The van der Waals surface area contributed by atoms with Crippen LogP contribution in [0.25, 0.3) is 0 Å². The van der Waals surface area contributed by atoms with Crippen molar-refractivity contribution in [1.29, 1.82) is 0 Å². The summed E-state index contributed by atoms with van der Waals surface area (Å²) in [6.07, 6.45) is 6.71. The summed E-state index contributed by atoms with van der Waals surface area (Å²) in [5.41, 5.74) is 1.87. The minimum atomic E-state index is -3.88. The highest BCUT2D eigenvalue weighted by atomic mass is 32.2. The molecule has 0 aliphatic heterocycles. The second-order valence-corrected chi connectivity index (χ2v) is 7.41. The van der Waals surface area contributed by atoms with E-state index in [1.165, 1.54) is 0 Å². The second-order valence-electron chi connectivity index (χ2n) is 5.83. The zero-order valence-corrected chi connectivity index (χ0v) is 15.8. The van der Waals surface area contributed by atoms with E-state index in [9.17, 15) is 8.42 Å². The molecule has 8 heteroatoms. The summed E-state index contributed by atoms with van der Waals surface area (Å²) >= 11 is 0. The summed E-state index contributed by atoms with van der Waals surface area (Å²) in [5, 5.41) is 6.20. The maximum absolute atomic E-state index is 10.7. The summed E-state index contributed by atoms with van der Waals surface area (Å²) in [6, 6.07) is 11.5. The van der Waals surface area contributed by atoms with Gasteiger partial charge in [-0.15, -0.1) is 0 Å². The van der Waals surface area contributed by atoms with Crippen LogP contribution in [-0.4, -0.2) is 39.1 Å². The van der Waals surface area contributed by atoms with Crippen molar-refractivity contribution in [2.75, 3.05) is 24.9 Å². The van der Waals surface area contributed by atoms with Crippen molar-refractivity contribution in [1.82, 2.24) is 0 Å². The third kappa shape index (κ3) is 6.81. The van der Waals surface area contributed by atoms with Gasteiger partial charge in [0.25, 0.3) is 10.1 Å². The molecule has 1 aromatic carbocycles. The number of aryl methyl sites for hydroxylation is 1. The Balaban J connectivity index is 1.93. The lowest BCUT2D eigenvalue weighted by molar-refractivity contribution is -0.697. The van der Waals surface area contributed by atoms with Gasteiger partial charge in [-0.3, -0.25) is 9.56 Å². The van der Waals surface area contributed by atoms with Crippen molar-refractivity contribution in [3.8, 4) is 5.75 Å². The molecule has 0 atom stereocenters. The molecule has 0 saturated heterocycles. The average molecular weight is 378 g/mol. The van der Waals surface area contributed by atoms with E-state index in [4.69, 9.17) is 9.29 Å². The van der Waals surface area contributed by atoms with Crippen LogP contribution in [0, 0.1) is 0 Å². The van der Waals surface area contributed by atoms with Gasteiger partial charge in [-0.1, -0.05) is 0 Å². The fourth-order valence-electron chi connectivity index (χ4n) is 2.35. The van der Waals surface area contributed by atoms with Crippen LogP contribution in [0.2, 0.25) is 0 Å². The standard InChI is InChI=1S/C18H23N3O4S/c1-20(17-7-9-18(25-2)10-8-17)19-14-16-6-5-12-21(15-16)11-3-4-13-26(22,23)24/h5-10,12,14-15H,3-4,11,13H2,1-2H3/p+1/b19-14+. The van der Waals surface area contributed by atoms with E-state index in [1.54, 1.807) is 18.3 Å². The number of methoxy groups -OCH3 is 1. The predicted molar refractivity (Wildman–Crippen MR) is 101 cm³/mol. The lowest BCUT2D eigenvalue weighted by atomic mass is 10.3. The molecule has 0 aliphatic carbocycles. The minimum absolute atomic E-state index is 0.207. The first-order valence-electron chi connectivity index (χ1n) is 8.23. The largest absolute Gasteiger partial charge is 0.497 e. The van der Waals surface area contributed by atoms with E-state index in [-0.39, 0.29) is 5.75 Å². The number of benzene rings is 1. The first-order valence-corrected chi connectivity index (χ1v) is 9.84. The zero-order valence-electron chi connectivity index (χ0n) is 14.9. The van der Waals surface area contributed by atoms with Crippen molar-refractivity contribution in [2.45, 2.75) is 19.4 Å². The van der Waals surface area contributed by atoms with Crippen LogP contribution < -0.4 is 14.3 Å². The topological polar surface area (TPSA) is 83.1 Å². The van der Waals surface area contributed by atoms with Crippen molar-refractivity contribution >= 4 is 22.0 Å². The fraction of sp³-hybridized carbons (Fsp3) is 0.333. The minimum Gasteiger partial charge on any atom is -0.497 e. The highest BCUT2D eigenvalue weighted by molar-refractivity contribution is 7.85. The number of hydrazone groups is 1. The van der Waals surface area contributed by atoms with Crippen molar-refractivity contribution < 1.29 is 22.3 Å². The van der Waals surface area contributed by atoms with Crippen molar-refractivity contribution in [2.24, 2.45) is 5.10 Å². The molecule has 2 rings (SSSR count). The molecule has 0 amide bonds. The molecule has 140 valence electrons. The Bertz CT molecular complexity index is 836. The smallest absolute Gasteiger partial charge is 0.264 e. The van der Waals surface area contributed by atoms with Crippen LogP contribution >= 0.6 is 0 Å². The quantitative estimate of drug-likeness (QED) is 0.238. The van der Waals surface area contributed by atoms with Crippen LogP contribution in [-0.2, 0) is 16.7 Å². The van der Waals surface area contributed by atoms with Gasteiger partial charge in [-0.2, -0.15) is 13.5 Å². The number of pyridine rings is 1. The van der Waals surface area contributed by atoms with E-state index in [2.05, 4.69) is 5.10 Å². The number of anilines is 1. The number of hydrogen-bond acceptors (Lipinski definition) is 5. The third-order valence-electron chi connectivity index (χ3n) is 3.78. The Morgan fingerprint density at radius 3 is 2.62 bits per heavy atom. The monoisotopic (exact) mass is 378 g/mol. The molecule has 0 radical (unpaired) electrons. The number of rotatable bonds is 9. The van der Waals surface area contributed by atoms with Crippen LogP contribution in [0.5, 0.6) is 5.75 Å². The highest BCUT2D eigenvalue weighted by Crippen LogP contribution is 2.18. The summed E-state index contributed by atoms with van der Waals surface area (Å²) in [7, 11) is -0.385. The van der Waals surface area contributed by atoms with Gasteiger partial charge >= 0.3 is 0 Å². The van der Waals surface area contributed by atoms with Crippen LogP contribution in [0.1, 0.15) is 18.4 Å². The van der Waals surface area contributed by atoms with Crippen molar-refractivity contribution in [3.05, 3.63) is 54.4 Å². The lowest BCUT2D eigenvalue weighted by Crippen LogP contribution is -2.33. The van der Waals surface area contributed by atoms with Gasteiger partial charge in [0.1, 0.15) is 12.3 Å². The average Bonchev–Trinajstić information content (AvgIpc) is 2.63. The number of unbranched alkanes of at least 4 members (excludes halogenated alkanes) is 1. The van der Waals surface area contributed by atoms with E-state index >= 15 is 0 Å². The van der Waals surface area contributed by atoms with Gasteiger partial charge in [0.05, 0.1) is 30.3 Å². The van der Waals surface area contributed by atoms with Gasteiger partial charge in [-0.25, -0.2) is 4.57 Å². The molecule has 1 heterocycles. The maximum Gasteiger partial charge on any atom is 0.264 e. The van der Waals surface area contributed by atoms with Gasteiger partial charge in [0, 0.05) is 19.5 Å². The molecule has 26 heavy (non-hydrogen) atoms. The first-order chi connectivity index (χ1) is 12.4. The number of hydrogen-bond donors (Lipinski definition) is 1. The number of ether oxygens (including phenoxy) is 1. The fourth-order valence-corrected chi connectivity index (χ4v) is 2.92. The Kier molecular flexibility index (Phi) is 7.11. The van der Waals surface area contributed by atoms with Gasteiger partial charge < -0.3 is 4.74 Å². The van der Waals surface area contributed by atoms with E-state index in [0.29, 0.717) is 19.4 Å². The molecule has 0 spiro atoms. The number of aromatic nitrogens is 1. The van der Waals surface area contributed by atoms with Crippen LogP contribution in [0.15, 0.2) is 53.9 Å². The van der Waals surface area contributed by atoms with E-state index in [0.717, 1.165) is 17.0 Å². The zero-order chi connectivity index (χ0) is 19.0. The molecular weight excluding hydrogens is 354 g/mol. The van der Waals surface area contributed by atoms with Gasteiger partial charge in [0.15, 0.2) is 12.4 Å². The molecule has 2 aromatic rings. The molecule has 0 unspecified atom stereocenters. The lowest BCUT2D eigenvalue weighted by Gasteiger charge is -2.12. The molecule has 0 saturated carbocycles. The summed E-state index contributed by atoms with van der Waals surface area (Å²) in [5.74, 6) is 0.589. The third-order valence-corrected chi connectivity index (χ3v) is 4.58. The molecule has 7 nitrogen and oxygen atoms in total. The molecule has 0 aliphatic rings. The summed E-state index contributed by atoms with van der Waals surface area (Å²) < 4.78 is 37.3. The normalized spacial score (nSPS) is 11.7. The summed E-state index contributed by atoms with van der Waals surface area (Å²) in [4.78, 5) is 0. The van der Waals surface area contributed by atoms with Crippen LogP contribution in [0.3, 0.4) is 0 Å². The number of nitrogens with zero attached hydrogens (tertiary/aromatic N) is 3. The van der Waals surface area contributed by atoms with Crippen LogP contribution in [0.4, 0.5) is 5.69 Å². The maximum atomic E-state index is 10.7. The van der Waals surface area contributed by atoms with Gasteiger partial charge in [0.2, 0.25) is 0 Å². The summed E-state index contributed by atoms with van der Waals surface area (Å²) in [6.45, 7) is 0.672. The van der Waals surface area contributed by atoms with Crippen molar-refractivity contribution in [3.63, 3.8) is 0 Å². The van der Waals surface area contributed by atoms with Gasteiger partial charge in [-0.05, 0) is 36.8 Å². The molecule has 1 aromatic heterocycles. The molecule has 0 bridgehead atoms. The molecular formula is C18H24N3O4S+. The highest BCUT2D eigenvalue weighted by Gasteiger charge is 2.06. The Morgan fingerprint density at radius 2 is 1.96 bits per heavy atom. The Hall–Kier alpha value is -2.45. The molecule has 1 N–H and O–H groups in total. The second kappa shape index (κ2) is 9.30. The first kappa shape index (κ1) is 19.9. The molecule has 0 fully saturated rings. The van der Waals surface area contributed by atoms with E-state index in [1.807, 2.05) is 60.4 Å². The van der Waals surface area contributed by atoms with E-state index < -0.39 is 10.1 Å². The predicted octanol–water partition coefficient (Wildman–Crippen LogP) is 2.12. The SMILES string of the molecule is COc1ccc(N(C)/N=C/c2ccc[n+](CCCCS(=O)(=O)O)c2)cc1. The Labute approximate surface area is 154 Å². The Morgan fingerprint density at radius 1 is 1.23 bits per heavy atom.